The summed E-state index contributed by atoms with van der Waals surface area (Å²) in [6.07, 6.45) is 3.38. The molecule has 0 amide bonds. The second-order valence-corrected chi connectivity index (χ2v) is 2.65. The van der Waals surface area contributed by atoms with Crippen LogP contribution in [0.15, 0.2) is 30.6 Å². The SMILES string of the molecule is Clc1[c]cc(-n2ccnn2)cc1. The second-order valence-electron chi connectivity index (χ2n) is 2.24. The van der Waals surface area contributed by atoms with Crippen LogP contribution in [0.5, 0.6) is 0 Å². The molecule has 1 aromatic carbocycles. The molecule has 2 aromatic rings. The first-order valence-corrected chi connectivity index (χ1v) is 3.78. The summed E-state index contributed by atoms with van der Waals surface area (Å²) in [7, 11) is 0. The molecule has 12 heavy (non-hydrogen) atoms. The Balaban J connectivity index is 2.43. The van der Waals surface area contributed by atoms with Crippen LogP contribution >= 0.6 is 11.6 Å². The van der Waals surface area contributed by atoms with Crippen LogP contribution in [0.2, 0.25) is 5.02 Å². The molecule has 0 N–H and O–H groups in total. The van der Waals surface area contributed by atoms with E-state index in [0.29, 0.717) is 5.02 Å². The molecule has 0 saturated carbocycles. The highest BCUT2D eigenvalue weighted by molar-refractivity contribution is 6.30. The molecular formula is C8H5ClN3. The van der Waals surface area contributed by atoms with Crippen molar-refractivity contribution >= 4 is 11.6 Å². The highest BCUT2D eigenvalue weighted by Gasteiger charge is 1.95. The van der Waals surface area contributed by atoms with E-state index >= 15 is 0 Å². The van der Waals surface area contributed by atoms with Crippen molar-refractivity contribution in [2.45, 2.75) is 0 Å². The fraction of sp³-hybridized carbons (Fsp3) is 0. The molecule has 0 fully saturated rings. The highest BCUT2D eigenvalue weighted by atomic mass is 35.5. The molecule has 4 heteroatoms. The monoisotopic (exact) mass is 178 g/mol. The normalized spacial score (nSPS) is 10.1. The van der Waals surface area contributed by atoms with E-state index in [0.717, 1.165) is 5.69 Å². The minimum absolute atomic E-state index is 0.596. The van der Waals surface area contributed by atoms with Gasteiger partial charge in [0.25, 0.3) is 0 Å². The van der Waals surface area contributed by atoms with Gasteiger partial charge in [0.2, 0.25) is 0 Å². The molecule has 1 aromatic heterocycles. The molecule has 0 unspecified atom stereocenters. The number of hydrogen-bond donors (Lipinski definition) is 0. The van der Waals surface area contributed by atoms with Gasteiger partial charge in [-0.05, 0) is 18.2 Å². The summed E-state index contributed by atoms with van der Waals surface area (Å²) < 4.78 is 1.65. The predicted octanol–water partition coefficient (Wildman–Crippen LogP) is 1.72. The van der Waals surface area contributed by atoms with E-state index in [1.54, 1.807) is 29.2 Å². The Morgan fingerprint density at radius 1 is 1.42 bits per heavy atom. The van der Waals surface area contributed by atoms with Crippen LogP contribution in [0.1, 0.15) is 0 Å². The fourth-order valence-electron chi connectivity index (χ4n) is 0.886. The molecule has 0 atom stereocenters. The van der Waals surface area contributed by atoms with E-state index in [2.05, 4.69) is 16.4 Å². The average molecular weight is 179 g/mol. The molecular weight excluding hydrogens is 174 g/mol. The smallest absolute Gasteiger partial charge is 0.0697 e. The number of halogens is 1. The fourth-order valence-corrected chi connectivity index (χ4v) is 1.00. The summed E-state index contributed by atoms with van der Waals surface area (Å²) in [6.45, 7) is 0. The number of hydrogen-bond acceptors (Lipinski definition) is 2. The molecule has 59 valence electrons. The maximum atomic E-state index is 5.67. The second kappa shape index (κ2) is 2.95. The Labute approximate surface area is 74.6 Å². The Hall–Kier alpha value is -1.35. The zero-order valence-electron chi connectivity index (χ0n) is 6.11. The van der Waals surface area contributed by atoms with Crippen LogP contribution < -0.4 is 0 Å². The largest absolute Gasteiger partial charge is 0.221 e. The van der Waals surface area contributed by atoms with Crippen molar-refractivity contribution in [3.8, 4) is 5.69 Å². The van der Waals surface area contributed by atoms with Crippen molar-refractivity contribution in [2.24, 2.45) is 0 Å². The van der Waals surface area contributed by atoms with Crippen LogP contribution in [-0.2, 0) is 0 Å². The Kier molecular flexibility index (Phi) is 1.80. The maximum absolute atomic E-state index is 5.67. The number of benzene rings is 1. The zero-order chi connectivity index (χ0) is 8.39. The summed E-state index contributed by atoms with van der Waals surface area (Å²) in [6, 6.07) is 8.24. The lowest BCUT2D eigenvalue weighted by Gasteiger charge is -1.97. The molecule has 0 saturated heterocycles. The van der Waals surface area contributed by atoms with Gasteiger partial charge in [0.15, 0.2) is 0 Å². The molecule has 3 nitrogen and oxygen atoms in total. The topological polar surface area (TPSA) is 30.7 Å². The van der Waals surface area contributed by atoms with Gasteiger partial charge in [-0.25, -0.2) is 4.68 Å². The van der Waals surface area contributed by atoms with Gasteiger partial charge in [-0.3, -0.25) is 0 Å². The molecule has 1 heterocycles. The van der Waals surface area contributed by atoms with Crippen LogP contribution in [0.3, 0.4) is 0 Å². The van der Waals surface area contributed by atoms with Crippen LogP contribution in [0.25, 0.3) is 5.69 Å². The van der Waals surface area contributed by atoms with E-state index in [4.69, 9.17) is 11.6 Å². The van der Waals surface area contributed by atoms with Crippen molar-refractivity contribution < 1.29 is 0 Å². The van der Waals surface area contributed by atoms with Gasteiger partial charge in [-0.1, -0.05) is 16.8 Å². The Bertz CT molecular complexity index is 352. The van der Waals surface area contributed by atoms with E-state index < -0.39 is 0 Å². The molecule has 1 radical (unpaired) electrons. The third kappa shape index (κ3) is 1.31. The first-order valence-electron chi connectivity index (χ1n) is 3.40. The van der Waals surface area contributed by atoms with E-state index in [-0.39, 0.29) is 0 Å². The lowest BCUT2D eigenvalue weighted by molar-refractivity contribution is 0.803. The minimum Gasteiger partial charge on any atom is -0.221 e. The van der Waals surface area contributed by atoms with Gasteiger partial charge in [0.05, 0.1) is 18.1 Å². The molecule has 0 spiro atoms. The lowest BCUT2D eigenvalue weighted by atomic mass is 10.3. The van der Waals surface area contributed by atoms with Crippen molar-refractivity contribution in [1.82, 2.24) is 15.0 Å². The first kappa shape index (κ1) is 7.31. The zero-order valence-corrected chi connectivity index (χ0v) is 6.86. The summed E-state index contributed by atoms with van der Waals surface area (Å²) in [5.74, 6) is 0. The maximum Gasteiger partial charge on any atom is 0.0697 e. The third-order valence-corrected chi connectivity index (χ3v) is 1.68. The van der Waals surface area contributed by atoms with Gasteiger partial charge < -0.3 is 0 Å². The van der Waals surface area contributed by atoms with Crippen molar-refractivity contribution in [3.05, 3.63) is 41.7 Å². The quantitative estimate of drug-likeness (QED) is 0.666. The van der Waals surface area contributed by atoms with Crippen molar-refractivity contribution in [1.29, 1.82) is 0 Å². The number of rotatable bonds is 1. The molecule has 2 rings (SSSR count). The minimum atomic E-state index is 0.596. The number of aromatic nitrogens is 3. The molecule has 0 bridgehead atoms. The molecule has 0 aliphatic heterocycles. The molecule has 0 aliphatic rings. The van der Waals surface area contributed by atoms with Crippen LogP contribution in [0, 0.1) is 6.07 Å². The standard InChI is InChI=1S/C8H5ClN3/c9-7-1-3-8(4-2-7)12-6-5-10-11-12/h1,3-6H. The third-order valence-electron chi connectivity index (χ3n) is 1.45. The van der Waals surface area contributed by atoms with Crippen molar-refractivity contribution in [3.63, 3.8) is 0 Å². The molecule has 0 aliphatic carbocycles. The summed E-state index contributed by atoms with van der Waals surface area (Å²) in [5.41, 5.74) is 0.900. The average Bonchev–Trinajstić information content (AvgIpc) is 2.58. The lowest BCUT2D eigenvalue weighted by Crippen LogP contribution is -1.93. The summed E-state index contributed by atoms with van der Waals surface area (Å²) in [4.78, 5) is 0. The van der Waals surface area contributed by atoms with Gasteiger partial charge in [-0.15, -0.1) is 5.10 Å². The van der Waals surface area contributed by atoms with Gasteiger partial charge in [0, 0.05) is 11.1 Å². The van der Waals surface area contributed by atoms with Crippen LogP contribution in [0.4, 0.5) is 0 Å². The predicted molar refractivity (Wildman–Crippen MR) is 45.2 cm³/mol. The number of nitrogens with zero attached hydrogens (tertiary/aromatic N) is 3. The van der Waals surface area contributed by atoms with E-state index in [9.17, 15) is 0 Å². The Morgan fingerprint density at radius 3 is 2.92 bits per heavy atom. The van der Waals surface area contributed by atoms with E-state index in [1.165, 1.54) is 0 Å². The van der Waals surface area contributed by atoms with E-state index in [1.807, 2.05) is 6.07 Å². The summed E-state index contributed by atoms with van der Waals surface area (Å²) in [5, 5.41) is 8.10. The Morgan fingerprint density at radius 2 is 2.33 bits per heavy atom. The van der Waals surface area contributed by atoms with Gasteiger partial charge in [0.1, 0.15) is 0 Å². The van der Waals surface area contributed by atoms with Gasteiger partial charge in [-0.2, -0.15) is 0 Å². The summed E-state index contributed by atoms with van der Waals surface area (Å²) >= 11 is 5.67. The van der Waals surface area contributed by atoms with Gasteiger partial charge >= 0.3 is 0 Å². The van der Waals surface area contributed by atoms with Crippen LogP contribution in [-0.4, -0.2) is 15.0 Å². The van der Waals surface area contributed by atoms with Crippen molar-refractivity contribution in [2.75, 3.05) is 0 Å². The highest BCUT2D eigenvalue weighted by Crippen LogP contribution is 2.10. The first-order chi connectivity index (χ1) is 5.86.